The minimum absolute atomic E-state index is 0.255. The minimum Gasteiger partial charge on any atom is -0.326 e. The van der Waals surface area contributed by atoms with E-state index in [0.717, 1.165) is 18.0 Å². The molecule has 2 heterocycles. The molecule has 2 unspecified atom stereocenters. The Kier molecular flexibility index (Phi) is 2.62. The molecule has 72 valence electrons. The summed E-state index contributed by atoms with van der Waals surface area (Å²) in [7, 11) is 2.13. The molecule has 2 rings (SSSR count). The van der Waals surface area contributed by atoms with Crippen LogP contribution in [0.5, 0.6) is 0 Å². The Morgan fingerprint density at radius 1 is 1.69 bits per heavy atom. The molecule has 0 amide bonds. The second kappa shape index (κ2) is 3.74. The van der Waals surface area contributed by atoms with Crippen molar-refractivity contribution in [1.29, 1.82) is 0 Å². The average Bonchev–Trinajstić information content (AvgIpc) is 2.57. The van der Waals surface area contributed by atoms with Crippen molar-refractivity contribution in [3.8, 4) is 0 Å². The van der Waals surface area contributed by atoms with Crippen LogP contribution in [0.1, 0.15) is 23.9 Å². The van der Waals surface area contributed by atoms with Gasteiger partial charge in [0.25, 0.3) is 0 Å². The van der Waals surface area contributed by atoms with E-state index in [1.807, 2.05) is 11.6 Å². The van der Waals surface area contributed by atoms with E-state index in [1.165, 1.54) is 6.42 Å². The van der Waals surface area contributed by atoms with Gasteiger partial charge in [-0.1, -0.05) is 0 Å². The average molecular weight is 197 g/mol. The highest BCUT2D eigenvalue weighted by Crippen LogP contribution is 2.29. The van der Waals surface area contributed by atoms with E-state index in [1.54, 1.807) is 11.3 Å². The summed E-state index contributed by atoms with van der Waals surface area (Å²) in [5.41, 5.74) is 6.09. The number of rotatable bonds is 1. The number of nitrogens with zero attached hydrogens (tertiary/aromatic N) is 2. The van der Waals surface area contributed by atoms with Crippen LogP contribution in [-0.4, -0.2) is 29.5 Å². The predicted molar refractivity (Wildman–Crippen MR) is 54.7 cm³/mol. The SMILES string of the molecule is CN1CCCC(N)C1c1nccs1. The van der Waals surface area contributed by atoms with E-state index < -0.39 is 0 Å². The van der Waals surface area contributed by atoms with Gasteiger partial charge in [0.2, 0.25) is 0 Å². The Labute approximate surface area is 82.6 Å². The van der Waals surface area contributed by atoms with Crippen LogP contribution in [-0.2, 0) is 0 Å². The number of aromatic nitrogens is 1. The third-order valence-electron chi connectivity index (χ3n) is 2.63. The van der Waals surface area contributed by atoms with Gasteiger partial charge in [-0.05, 0) is 26.4 Å². The van der Waals surface area contributed by atoms with Gasteiger partial charge in [0, 0.05) is 17.6 Å². The molecule has 0 radical (unpaired) electrons. The lowest BCUT2D eigenvalue weighted by molar-refractivity contribution is 0.162. The normalized spacial score (nSPS) is 30.6. The molecule has 0 saturated carbocycles. The van der Waals surface area contributed by atoms with Crippen LogP contribution < -0.4 is 5.73 Å². The summed E-state index contributed by atoms with van der Waals surface area (Å²) in [5.74, 6) is 0. The van der Waals surface area contributed by atoms with Crippen molar-refractivity contribution in [2.24, 2.45) is 5.73 Å². The number of piperidine rings is 1. The zero-order valence-corrected chi connectivity index (χ0v) is 8.63. The van der Waals surface area contributed by atoms with Gasteiger partial charge in [-0.25, -0.2) is 4.98 Å². The molecule has 2 atom stereocenters. The van der Waals surface area contributed by atoms with Crippen molar-refractivity contribution >= 4 is 11.3 Å². The molecule has 1 saturated heterocycles. The summed E-state index contributed by atoms with van der Waals surface area (Å²) in [4.78, 5) is 6.65. The largest absolute Gasteiger partial charge is 0.326 e. The molecule has 3 nitrogen and oxygen atoms in total. The van der Waals surface area contributed by atoms with E-state index in [2.05, 4.69) is 16.9 Å². The van der Waals surface area contributed by atoms with E-state index in [9.17, 15) is 0 Å². The molecule has 1 aromatic rings. The monoisotopic (exact) mass is 197 g/mol. The van der Waals surface area contributed by atoms with Crippen LogP contribution in [0, 0.1) is 0 Å². The van der Waals surface area contributed by atoms with Crippen LogP contribution in [0.25, 0.3) is 0 Å². The molecular weight excluding hydrogens is 182 g/mol. The van der Waals surface area contributed by atoms with Crippen LogP contribution in [0.4, 0.5) is 0 Å². The molecule has 0 spiro atoms. The summed E-state index contributed by atoms with van der Waals surface area (Å²) < 4.78 is 0. The van der Waals surface area contributed by atoms with Gasteiger partial charge in [0.1, 0.15) is 5.01 Å². The van der Waals surface area contributed by atoms with Gasteiger partial charge in [-0.3, -0.25) is 4.90 Å². The molecule has 1 aliphatic heterocycles. The number of likely N-dealkylation sites (N-methyl/N-ethyl adjacent to an activating group) is 1. The maximum atomic E-state index is 6.09. The van der Waals surface area contributed by atoms with Gasteiger partial charge in [-0.15, -0.1) is 11.3 Å². The molecule has 0 bridgehead atoms. The van der Waals surface area contributed by atoms with Gasteiger partial charge in [0.15, 0.2) is 0 Å². The first kappa shape index (κ1) is 9.12. The Morgan fingerprint density at radius 3 is 3.15 bits per heavy atom. The lowest BCUT2D eigenvalue weighted by atomic mass is 9.98. The second-order valence-electron chi connectivity index (χ2n) is 3.60. The van der Waals surface area contributed by atoms with Crippen molar-refractivity contribution in [2.45, 2.75) is 24.9 Å². The molecule has 2 N–H and O–H groups in total. The fourth-order valence-electron chi connectivity index (χ4n) is 1.95. The lowest BCUT2D eigenvalue weighted by Crippen LogP contribution is -2.43. The first-order chi connectivity index (χ1) is 6.29. The van der Waals surface area contributed by atoms with E-state index in [4.69, 9.17) is 5.73 Å². The summed E-state index contributed by atoms with van der Waals surface area (Å²) in [6.45, 7) is 1.14. The summed E-state index contributed by atoms with van der Waals surface area (Å²) in [6, 6.07) is 0.596. The fraction of sp³-hybridized carbons (Fsp3) is 0.667. The van der Waals surface area contributed by atoms with Crippen molar-refractivity contribution in [1.82, 2.24) is 9.88 Å². The smallest absolute Gasteiger partial charge is 0.111 e. The third kappa shape index (κ3) is 1.75. The molecule has 4 heteroatoms. The van der Waals surface area contributed by atoms with Crippen molar-refractivity contribution < 1.29 is 0 Å². The maximum absolute atomic E-state index is 6.09. The Morgan fingerprint density at radius 2 is 2.54 bits per heavy atom. The third-order valence-corrected chi connectivity index (χ3v) is 3.48. The van der Waals surface area contributed by atoms with Crippen molar-refractivity contribution in [2.75, 3.05) is 13.6 Å². The molecule has 1 fully saturated rings. The topological polar surface area (TPSA) is 42.1 Å². The number of hydrogen-bond donors (Lipinski definition) is 1. The first-order valence-corrected chi connectivity index (χ1v) is 5.52. The fourth-order valence-corrected chi connectivity index (χ4v) is 2.83. The minimum atomic E-state index is 0.255. The molecule has 13 heavy (non-hydrogen) atoms. The Hall–Kier alpha value is -0.450. The molecule has 1 aliphatic rings. The zero-order valence-electron chi connectivity index (χ0n) is 7.81. The Bertz CT molecular complexity index is 250. The lowest BCUT2D eigenvalue weighted by Gasteiger charge is -2.35. The van der Waals surface area contributed by atoms with Crippen molar-refractivity contribution in [3.05, 3.63) is 16.6 Å². The van der Waals surface area contributed by atoms with Gasteiger partial charge in [0.05, 0.1) is 6.04 Å². The second-order valence-corrected chi connectivity index (χ2v) is 4.53. The molecule has 1 aromatic heterocycles. The van der Waals surface area contributed by atoms with Gasteiger partial charge < -0.3 is 5.73 Å². The highest BCUT2D eigenvalue weighted by Gasteiger charge is 2.29. The highest BCUT2D eigenvalue weighted by molar-refractivity contribution is 7.09. The number of hydrogen-bond acceptors (Lipinski definition) is 4. The number of thiazole rings is 1. The van der Waals surface area contributed by atoms with Crippen LogP contribution in [0.15, 0.2) is 11.6 Å². The zero-order chi connectivity index (χ0) is 9.26. The predicted octanol–water partition coefficient (Wildman–Crippen LogP) is 1.24. The van der Waals surface area contributed by atoms with Crippen LogP contribution >= 0.6 is 11.3 Å². The Balaban J connectivity index is 2.19. The molecule has 0 aliphatic carbocycles. The van der Waals surface area contributed by atoms with Crippen LogP contribution in [0.3, 0.4) is 0 Å². The summed E-state index contributed by atoms with van der Waals surface area (Å²) >= 11 is 1.70. The number of nitrogens with two attached hydrogens (primary N) is 1. The molecule has 0 aromatic carbocycles. The van der Waals surface area contributed by atoms with E-state index >= 15 is 0 Å². The van der Waals surface area contributed by atoms with Gasteiger partial charge in [-0.2, -0.15) is 0 Å². The highest BCUT2D eigenvalue weighted by atomic mass is 32.1. The van der Waals surface area contributed by atoms with E-state index in [0.29, 0.717) is 6.04 Å². The maximum Gasteiger partial charge on any atom is 0.111 e. The quantitative estimate of drug-likeness (QED) is 0.736. The van der Waals surface area contributed by atoms with Crippen LogP contribution in [0.2, 0.25) is 0 Å². The standard InChI is InChI=1S/C9H15N3S/c1-12-5-2-3-7(10)8(12)9-11-4-6-13-9/h4,6-8H,2-3,5,10H2,1H3. The summed E-state index contributed by atoms with van der Waals surface area (Å²) in [5, 5.41) is 3.18. The molecular formula is C9H15N3S. The van der Waals surface area contributed by atoms with Crippen molar-refractivity contribution in [3.63, 3.8) is 0 Å². The number of likely N-dealkylation sites (tertiary alicyclic amines) is 1. The van der Waals surface area contributed by atoms with E-state index in [-0.39, 0.29) is 6.04 Å². The first-order valence-electron chi connectivity index (χ1n) is 4.64. The van der Waals surface area contributed by atoms with Gasteiger partial charge >= 0.3 is 0 Å². The summed E-state index contributed by atoms with van der Waals surface area (Å²) in [6.07, 6.45) is 4.18.